The minimum atomic E-state index is 0.971. The average molecular weight is 298 g/mol. The summed E-state index contributed by atoms with van der Waals surface area (Å²) in [5.41, 5.74) is 6.45. The first-order valence-corrected chi connectivity index (χ1v) is 7.42. The number of nitrogens with zero attached hydrogens (tertiary/aromatic N) is 2. The lowest BCUT2D eigenvalue weighted by Gasteiger charge is -2.10. The van der Waals surface area contributed by atoms with Crippen molar-refractivity contribution in [1.82, 2.24) is 10.1 Å². The van der Waals surface area contributed by atoms with Crippen LogP contribution < -0.4 is 0 Å². The van der Waals surface area contributed by atoms with Gasteiger partial charge in [0, 0.05) is 17.3 Å². The van der Waals surface area contributed by atoms with E-state index in [1.807, 2.05) is 42.6 Å². The van der Waals surface area contributed by atoms with E-state index < -0.39 is 0 Å². The van der Waals surface area contributed by atoms with Crippen molar-refractivity contribution in [3.8, 4) is 33.5 Å². The molecule has 2 aromatic heterocycles. The predicted molar refractivity (Wildman–Crippen MR) is 90.6 cm³/mol. The standard InChI is InChI=1S/C20H14N2O/c1-2-9-19(20-10-3-4-11-21-20)18(8-1)16-7-5-6-15(12-16)17-13-22-23-14-17/h1-14H. The van der Waals surface area contributed by atoms with Crippen LogP contribution in [0, 0.1) is 0 Å². The quantitative estimate of drug-likeness (QED) is 0.530. The Kier molecular flexibility index (Phi) is 3.45. The molecule has 2 heterocycles. The molecule has 3 nitrogen and oxygen atoms in total. The lowest BCUT2D eigenvalue weighted by atomic mass is 9.95. The zero-order chi connectivity index (χ0) is 15.5. The first-order valence-electron chi connectivity index (χ1n) is 7.42. The Hall–Kier alpha value is -3.20. The number of benzene rings is 2. The highest BCUT2D eigenvalue weighted by molar-refractivity contribution is 5.83. The Morgan fingerprint density at radius 3 is 2.30 bits per heavy atom. The fourth-order valence-corrected chi connectivity index (χ4v) is 2.69. The molecule has 0 saturated heterocycles. The Labute approximate surface area is 134 Å². The van der Waals surface area contributed by atoms with Gasteiger partial charge in [-0.05, 0) is 34.9 Å². The van der Waals surface area contributed by atoms with Gasteiger partial charge in [-0.1, -0.05) is 53.7 Å². The van der Waals surface area contributed by atoms with Gasteiger partial charge >= 0.3 is 0 Å². The molecule has 0 aliphatic rings. The number of hydrogen-bond donors (Lipinski definition) is 0. The summed E-state index contributed by atoms with van der Waals surface area (Å²) in [5, 5.41) is 3.78. The first-order chi connectivity index (χ1) is 11.4. The van der Waals surface area contributed by atoms with Gasteiger partial charge in [-0.2, -0.15) is 0 Å². The Morgan fingerprint density at radius 2 is 1.52 bits per heavy atom. The molecule has 0 N–H and O–H groups in total. The van der Waals surface area contributed by atoms with Crippen LogP contribution in [-0.4, -0.2) is 10.1 Å². The lowest BCUT2D eigenvalue weighted by Crippen LogP contribution is -1.87. The van der Waals surface area contributed by atoms with Gasteiger partial charge in [-0.3, -0.25) is 4.98 Å². The van der Waals surface area contributed by atoms with Gasteiger partial charge in [-0.15, -0.1) is 0 Å². The molecule has 4 rings (SSSR count). The summed E-state index contributed by atoms with van der Waals surface area (Å²) >= 11 is 0. The van der Waals surface area contributed by atoms with E-state index in [-0.39, 0.29) is 0 Å². The molecule has 0 amide bonds. The van der Waals surface area contributed by atoms with Crippen molar-refractivity contribution >= 4 is 0 Å². The van der Waals surface area contributed by atoms with Gasteiger partial charge in [0.1, 0.15) is 6.26 Å². The predicted octanol–water partition coefficient (Wildman–Crippen LogP) is 5.07. The molecule has 110 valence electrons. The minimum Gasteiger partial charge on any atom is -0.364 e. The van der Waals surface area contributed by atoms with Crippen LogP contribution >= 0.6 is 0 Å². The number of rotatable bonds is 3. The van der Waals surface area contributed by atoms with Crippen LogP contribution in [0.1, 0.15) is 0 Å². The monoisotopic (exact) mass is 298 g/mol. The van der Waals surface area contributed by atoms with Crippen LogP contribution in [0.2, 0.25) is 0 Å². The van der Waals surface area contributed by atoms with E-state index in [0.29, 0.717) is 0 Å². The zero-order valence-electron chi connectivity index (χ0n) is 12.4. The molecule has 0 radical (unpaired) electrons. The smallest absolute Gasteiger partial charge is 0.131 e. The second-order valence-electron chi connectivity index (χ2n) is 5.25. The molecular weight excluding hydrogens is 284 g/mol. The van der Waals surface area contributed by atoms with Gasteiger partial charge in [0.05, 0.1) is 11.9 Å². The highest BCUT2D eigenvalue weighted by Gasteiger charge is 2.09. The maximum atomic E-state index is 4.95. The van der Waals surface area contributed by atoms with Gasteiger partial charge in [-0.25, -0.2) is 0 Å². The normalized spacial score (nSPS) is 10.6. The number of aromatic nitrogens is 2. The fraction of sp³-hybridized carbons (Fsp3) is 0. The molecule has 2 aromatic carbocycles. The van der Waals surface area contributed by atoms with E-state index in [2.05, 4.69) is 40.5 Å². The SMILES string of the molecule is c1ccc(-c2ccccc2-c2cccc(-c3cnoc3)c2)nc1. The molecular formula is C20H14N2O. The third-order valence-electron chi connectivity index (χ3n) is 3.81. The molecule has 0 unspecified atom stereocenters. The Bertz CT molecular complexity index is 915. The molecule has 0 aliphatic heterocycles. The summed E-state index contributed by atoms with van der Waals surface area (Å²) in [7, 11) is 0. The summed E-state index contributed by atoms with van der Waals surface area (Å²) in [5.74, 6) is 0. The Balaban J connectivity index is 1.85. The highest BCUT2D eigenvalue weighted by atomic mass is 16.5. The van der Waals surface area contributed by atoms with Crippen molar-refractivity contribution in [2.75, 3.05) is 0 Å². The van der Waals surface area contributed by atoms with E-state index in [1.165, 1.54) is 0 Å². The van der Waals surface area contributed by atoms with Crippen LogP contribution in [0.25, 0.3) is 33.5 Å². The van der Waals surface area contributed by atoms with Crippen LogP contribution in [0.3, 0.4) is 0 Å². The summed E-state index contributed by atoms with van der Waals surface area (Å²) in [6.45, 7) is 0. The molecule has 0 bridgehead atoms. The second-order valence-corrected chi connectivity index (χ2v) is 5.25. The molecule has 3 heteroatoms. The molecule has 0 fully saturated rings. The van der Waals surface area contributed by atoms with Crippen molar-refractivity contribution in [1.29, 1.82) is 0 Å². The van der Waals surface area contributed by atoms with Gasteiger partial charge in [0.15, 0.2) is 0 Å². The van der Waals surface area contributed by atoms with Crippen molar-refractivity contribution in [2.45, 2.75) is 0 Å². The summed E-state index contributed by atoms with van der Waals surface area (Å²) in [6.07, 6.45) is 5.20. The summed E-state index contributed by atoms with van der Waals surface area (Å²) in [6, 6.07) is 22.6. The van der Waals surface area contributed by atoms with Crippen molar-refractivity contribution in [3.63, 3.8) is 0 Å². The van der Waals surface area contributed by atoms with Crippen molar-refractivity contribution in [3.05, 3.63) is 85.4 Å². The molecule has 0 saturated carbocycles. The minimum absolute atomic E-state index is 0.971. The number of pyridine rings is 1. The third-order valence-corrected chi connectivity index (χ3v) is 3.81. The first kappa shape index (κ1) is 13.5. The molecule has 23 heavy (non-hydrogen) atoms. The molecule has 0 atom stereocenters. The Morgan fingerprint density at radius 1 is 0.696 bits per heavy atom. The summed E-state index contributed by atoms with van der Waals surface area (Å²) < 4.78 is 4.95. The highest BCUT2D eigenvalue weighted by Crippen LogP contribution is 2.33. The molecule has 0 spiro atoms. The maximum absolute atomic E-state index is 4.95. The fourth-order valence-electron chi connectivity index (χ4n) is 2.69. The number of hydrogen-bond acceptors (Lipinski definition) is 3. The van der Waals surface area contributed by atoms with E-state index in [0.717, 1.165) is 33.5 Å². The van der Waals surface area contributed by atoms with E-state index in [9.17, 15) is 0 Å². The van der Waals surface area contributed by atoms with Crippen LogP contribution in [-0.2, 0) is 0 Å². The average Bonchev–Trinajstić information content (AvgIpc) is 3.17. The zero-order valence-corrected chi connectivity index (χ0v) is 12.4. The third kappa shape index (κ3) is 2.64. The van der Waals surface area contributed by atoms with E-state index in [1.54, 1.807) is 12.5 Å². The molecule has 4 aromatic rings. The van der Waals surface area contributed by atoms with Crippen molar-refractivity contribution < 1.29 is 4.52 Å². The second kappa shape index (κ2) is 5.89. The van der Waals surface area contributed by atoms with Gasteiger partial charge in [0.25, 0.3) is 0 Å². The van der Waals surface area contributed by atoms with Crippen LogP contribution in [0.5, 0.6) is 0 Å². The lowest BCUT2D eigenvalue weighted by molar-refractivity contribution is 0.420. The topological polar surface area (TPSA) is 38.9 Å². The molecule has 0 aliphatic carbocycles. The van der Waals surface area contributed by atoms with E-state index in [4.69, 9.17) is 4.52 Å². The maximum Gasteiger partial charge on any atom is 0.131 e. The van der Waals surface area contributed by atoms with Gasteiger partial charge in [0.2, 0.25) is 0 Å². The van der Waals surface area contributed by atoms with Crippen LogP contribution in [0.15, 0.2) is 89.9 Å². The van der Waals surface area contributed by atoms with Crippen LogP contribution in [0.4, 0.5) is 0 Å². The van der Waals surface area contributed by atoms with Crippen molar-refractivity contribution in [2.24, 2.45) is 0 Å². The van der Waals surface area contributed by atoms with Gasteiger partial charge < -0.3 is 4.52 Å². The van der Waals surface area contributed by atoms with E-state index >= 15 is 0 Å². The largest absolute Gasteiger partial charge is 0.364 e. The summed E-state index contributed by atoms with van der Waals surface area (Å²) in [4.78, 5) is 4.48.